The molecular formula is C17H27N3O3S2. The van der Waals surface area contributed by atoms with Crippen LogP contribution >= 0.6 is 11.8 Å². The van der Waals surface area contributed by atoms with Crippen molar-refractivity contribution in [2.45, 2.75) is 36.2 Å². The number of nitrogens with zero attached hydrogens (tertiary/aromatic N) is 1. The summed E-state index contributed by atoms with van der Waals surface area (Å²) in [5.74, 6) is 0.601. The van der Waals surface area contributed by atoms with Crippen molar-refractivity contribution in [3.63, 3.8) is 0 Å². The Morgan fingerprint density at radius 1 is 1.28 bits per heavy atom. The molecule has 1 unspecified atom stereocenters. The Morgan fingerprint density at radius 3 is 2.48 bits per heavy atom. The number of likely N-dealkylation sites (tertiary alicyclic amines) is 1. The zero-order valence-corrected chi connectivity index (χ0v) is 16.4. The van der Waals surface area contributed by atoms with Gasteiger partial charge >= 0.3 is 0 Å². The fourth-order valence-corrected chi connectivity index (χ4v) is 4.65. The summed E-state index contributed by atoms with van der Waals surface area (Å²) in [5.41, 5.74) is 0. The Morgan fingerprint density at radius 2 is 1.92 bits per heavy atom. The third kappa shape index (κ3) is 5.70. The number of sulfonamides is 1. The van der Waals surface area contributed by atoms with Crippen LogP contribution in [0.15, 0.2) is 35.2 Å². The summed E-state index contributed by atoms with van der Waals surface area (Å²) >= 11 is 1.60. The van der Waals surface area contributed by atoms with Gasteiger partial charge in [0.25, 0.3) is 0 Å². The van der Waals surface area contributed by atoms with Gasteiger partial charge in [-0.15, -0.1) is 0 Å². The monoisotopic (exact) mass is 385 g/mol. The van der Waals surface area contributed by atoms with Crippen LogP contribution in [0.5, 0.6) is 0 Å². The molecule has 8 heteroatoms. The fraction of sp³-hybridized carbons (Fsp3) is 0.588. The van der Waals surface area contributed by atoms with E-state index in [1.165, 1.54) is 12.1 Å². The predicted octanol–water partition coefficient (Wildman–Crippen LogP) is 1.30. The zero-order valence-electron chi connectivity index (χ0n) is 14.8. The third-order valence-electron chi connectivity index (χ3n) is 4.47. The maximum absolute atomic E-state index is 12.9. The molecule has 1 amide bonds. The van der Waals surface area contributed by atoms with Crippen LogP contribution in [-0.4, -0.2) is 63.5 Å². The first-order valence-corrected chi connectivity index (χ1v) is 11.4. The molecule has 1 aliphatic heterocycles. The number of benzene rings is 1. The number of hydrogen-bond donors (Lipinski definition) is 2. The number of thioether (sulfide) groups is 1. The average molecular weight is 386 g/mol. The van der Waals surface area contributed by atoms with Gasteiger partial charge in [0.05, 0.1) is 4.90 Å². The van der Waals surface area contributed by atoms with Gasteiger partial charge in [0.2, 0.25) is 15.9 Å². The molecule has 140 valence electrons. The van der Waals surface area contributed by atoms with Crippen molar-refractivity contribution in [2.75, 3.05) is 32.1 Å². The van der Waals surface area contributed by atoms with E-state index in [0.717, 1.165) is 18.6 Å². The lowest BCUT2D eigenvalue weighted by molar-refractivity contribution is -0.134. The number of amides is 1. The highest BCUT2D eigenvalue weighted by atomic mass is 32.2. The highest BCUT2D eigenvalue weighted by Crippen LogP contribution is 2.15. The third-order valence-corrected chi connectivity index (χ3v) is 6.61. The Labute approximate surface area is 154 Å². The van der Waals surface area contributed by atoms with Crippen molar-refractivity contribution in [2.24, 2.45) is 0 Å². The van der Waals surface area contributed by atoms with Crippen LogP contribution in [0.4, 0.5) is 0 Å². The van der Waals surface area contributed by atoms with Gasteiger partial charge in [0, 0.05) is 19.1 Å². The van der Waals surface area contributed by atoms with Crippen LogP contribution in [0.3, 0.4) is 0 Å². The molecule has 1 aromatic carbocycles. The van der Waals surface area contributed by atoms with E-state index in [1.54, 1.807) is 34.9 Å². The SMILES string of the molecule is CNC1CCN(C(=O)C(CCSC)NS(=O)(=O)c2ccccc2)CC1. The lowest BCUT2D eigenvalue weighted by atomic mass is 10.0. The summed E-state index contributed by atoms with van der Waals surface area (Å²) in [6.45, 7) is 1.32. The standard InChI is InChI=1S/C17H27N3O3S2/c1-18-14-8-11-20(12-9-14)17(21)16(10-13-24-2)19-25(22,23)15-6-4-3-5-7-15/h3-7,14,16,18-19H,8-13H2,1-2H3. The number of hydrogen-bond acceptors (Lipinski definition) is 5. The molecular weight excluding hydrogens is 358 g/mol. The smallest absolute Gasteiger partial charge is 0.241 e. The number of nitrogens with one attached hydrogen (secondary N) is 2. The van der Waals surface area contributed by atoms with Crippen LogP contribution in [0.1, 0.15) is 19.3 Å². The average Bonchev–Trinajstić information content (AvgIpc) is 2.65. The maximum atomic E-state index is 12.9. The minimum atomic E-state index is -3.71. The topological polar surface area (TPSA) is 78.5 Å². The summed E-state index contributed by atoms with van der Waals surface area (Å²) in [7, 11) is -1.78. The first kappa shape index (κ1) is 20.2. The summed E-state index contributed by atoms with van der Waals surface area (Å²) < 4.78 is 27.8. The van der Waals surface area contributed by atoms with Gasteiger partial charge in [-0.05, 0) is 50.5 Å². The van der Waals surface area contributed by atoms with E-state index in [1.807, 2.05) is 13.3 Å². The zero-order chi connectivity index (χ0) is 18.3. The lowest BCUT2D eigenvalue weighted by Gasteiger charge is -2.34. The first-order valence-electron chi connectivity index (χ1n) is 8.50. The van der Waals surface area contributed by atoms with E-state index in [9.17, 15) is 13.2 Å². The van der Waals surface area contributed by atoms with Crippen LogP contribution < -0.4 is 10.0 Å². The Hall–Kier alpha value is -1.09. The van der Waals surface area contributed by atoms with E-state index >= 15 is 0 Å². The molecule has 2 N–H and O–H groups in total. The molecule has 1 heterocycles. The predicted molar refractivity (Wildman–Crippen MR) is 102 cm³/mol. The fourth-order valence-electron chi connectivity index (χ4n) is 2.93. The number of carbonyl (C=O) groups is 1. The van der Waals surface area contributed by atoms with Crippen LogP contribution in [-0.2, 0) is 14.8 Å². The molecule has 0 saturated carbocycles. The van der Waals surface area contributed by atoms with Crippen LogP contribution in [0.2, 0.25) is 0 Å². The maximum Gasteiger partial charge on any atom is 0.241 e. The molecule has 0 spiro atoms. The summed E-state index contributed by atoms with van der Waals surface area (Å²) in [6.07, 6.45) is 4.22. The Kier molecular flexibility index (Phi) is 7.74. The first-order chi connectivity index (χ1) is 12.0. The van der Waals surface area contributed by atoms with Crippen molar-refractivity contribution >= 4 is 27.7 Å². The van der Waals surface area contributed by atoms with Crippen molar-refractivity contribution < 1.29 is 13.2 Å². The minimum Gasteiger partial charge on any atom is -0.341 e. The molecule has 0 aliphatic carbocycles. The van der Waals surface area contributed by atoms with Crippen molar-refractivity contribution in [1.29, 1.82) is 0 Å². The van der Waals surface area contributed by atoms with E-state index < -0.39 is 16.1 Å². The number of rotatable bonds is 8. The van der Waals surface area contributed by atoms with Crippen LogP contribution in [0, 0.1) is 0 Å². The van der Waals surface area contributed by atoms with E-state index in [4.69, 9.17) is 0 Å². The van der Waals surface area contributed by atoms with Gasteiger partial charge in [-0.1, -0.05) is 18.2 Å². The van der Waals surface area contributed by atoms with Gasteiger partial charge in [-0.2, -0.15) is 16.5 Å². The van der Waals surface area contributed by atoms with Gasteiger partial charge in [0.15, 0.2) is 0 Å². The molecule has 1 aliphatic rings. The molecule has 0 bridgehead atoms. The lowest BCUT2D eigenvalue weighted by Crippen LogP contribution is -2.52. The molecule has 0 aromatic heterocycles. The van der Waals surface area contributed by atoms with Crippen molar-refractivity contribution in [1.82, 2.24) is 14.9 Å². The Balaban J connectivity index is 2.09. The molecule has 6 nitrogen and oxygen atoms in total. The quantitative estimate of drug-likeness (QED) is 0.705. The highest BCUT2D eigenvalue weighted by Gasteiger charge is 2.30. The highest BCUT2D eigenvalue weighted by molar-refractivity contribution is 7.98. The van der Waals surface area contributed by atoms with Gasteiger partial charge in [0.1, 0.15) is 6.04 Å². The van der Waals surface area contributed by atoms with Gasteiger partial charge in [-0.3, -0.25) is 4.79 Å². The second kappa shape index (κ2) is 9.56. The van der Waals surface area contributed by atoms with E-state index in [0.29, 0.717) is 25.6 Å². The van der Waals surface area contributed by atoms with Crippen molar-refractivity contribution in [3.8, 4) is 0 Å². The number of piperidine rings is 1. The Bertz CT molecular complexity index is 644. The summed E-state index contributed by atoms with van der Waals surface area (Å²) in [4.78, 5) is 14.8. The molecule has 2 rings (SSSR count). The van der Waals surface area contributed by atoms with Gasteiger partial charge in [-0.25, -0.2) is 8.42 Å². The largest absolute Gasteiger partial charge is 0.341 e. The minimum absolute atomic E-state index is 0.122. The summed E-state index contributed by atoms with van der Waals surface area (Å²) in [5, 5.41) is 3.23. The molecule has 1 fully saturated rings. The number of carbonyl (C=O) groups excluding carboxylic acids is 1. The summed E-state index contributed by atoms with van der Waals surface area (Å²) in [6, 6.07) is 7.90. The molecule has 1 aromatic rings. The molecule has 1 saturated heterocycles. The second-order valence-corrected chi connectivity index (χ2v) is 8.86. The second-order valence-electron chi connectivity index (χ2n) is 6.16. The molecule has 25 heavy (non-hydrogen) atoms. The molecule has 1 atom stereocenters. The van der Waals surface area contributed by atoms with Gasteiger partial charge < -0.3 is 10.2 Å². The van der Waals surface area contributed by atoms with E-state index in [2.05, 4.69) is 10.0 Å². The van der Waals surface area contributed by atoms with E-state index in [-0.39, 0.29) is 10.8 Å². The van der Waals surface area contributed by atoms with Crippen molar-refractivity contribution in [3.05, 3.63) is 30.3 Å². The molecule has 0 radical (unpaired) electrons. The normalized spacial score (nSPS) is 17.4. The van der Waals surface area contributed by atoms with Crippen LogP contribution in [0.25, 0.3) is 0 Å².